The zero-order valence-corrected chi connectivity index (χ0v) is 17.2. The predicted octanol–water partition coefficient (Wildman–Crippen LogP) is 2.33. The first kappa shape index (κ1) is 20.9. The first-order valence-corrected chi connectivity index (χ1v) is 9.83. The molecule has 2 aromatic carbocycles. The van der Waals surface area contributed by atoms with Crippen LogP contribution in [0.1, 0.15) is 5.56 Å². The molecule has 160 valence electrons. The number of benzene rings is 2. The molecule has 0 spiro atoms. The van der Waals surface area contributed by atoms with Crippen molar-refractivity contribution >= 4 is 40.9 Å². The second-order valence-corrected chi connectivity index (χ2v) is 7.29. The number of hydrogen-bond donors (Lipinski definition) is 5. The maximum Gasteiger partial charge on any atom is 0.315 e. The number of urea groups is 1. The number of nitrogens with zero attached hydrogens (tertiary/aromatic N) is 2. The van der Waals surface area contributed by atoms with Gasteiger partial charge in [0, 0.05) is 28.5 Å². The molecule has 5 N–H and O–H groups in total. The number of carbonyl (C=O) groups excluding carboxylic acids is 2. The maximum atomic E-state index is 12.4. The monoisotopic (exact) mass is 449 g/mol. The Balaban J connectivity index is 1.58. The van der Waals surface area contributed by atoms with Crippen molar-refractivity contribution in [3.05, 3.63) is 69.5 Å². The number of halogens is 1. The fourth-order valence-electron chi connectivity index (χ4n) is 3.07. The summed E-state index contributed by atoms with van der Waals surface area (Å²) < 4.78 is 0. The number of H-pyrrole nitrogens is 1. The van der Waals surface area contributed by atoms with E-state index >= 15 is 0 Å². The number of anilines is 3. The predicted molar refractivity (Wildman–Crippen MR) is 119 cm³/mol. The summed E-state index contributed by atoms with van der Waals surface area (Å²) in [6, 6.07) is 14.1. The van der Waals surface area contributed by atoms with Crippen molar-refractivity contribution in [3.63, 3.8) is 0 Å². The van der Waals surface area contributed by atoms with Crippen LogP contribution >= 0.6 is 11.6 Å². The van der Waals surface area contributed by atoms with Gasteiger partial charge in [0.2, 0.25) is 11.9 Å². The zero-order chi connectivity index (χ0) is 22.7. The molecule has 1 aliphatic rings. The van der Waals surface area contributed by atoms with Crippen LogP contribution in [0.15, 0.2) is 53.3 Å². The minimum absolute atomic E-state index is 0.136. The van der Waals surface area contributed by atoms with Gasteiger partial charge in [-0.1, -0.05) is 23.7 Å². The standard InChI is InChI=1S/C21H16ClN7O3/c22-12-3-7-14(8-4-12)26-20-28-17(15(9-23)18(30)29-20)11-1-5-13(6-2-11)25-19(31)16-10-24-21(32)27-16/h1-8,16H,10H2,(H,25,31)(H2,24,27,32)(H2,26,28,29,30). The molecule has 1 saturated heterocycles. The van der Waals surface area contributed by atoms with Gasteiger partial charge < -0.3 is 21.3 Å². The summed E-state index contributed by atoms with van der Waals surface area (Å²) in [5, 5.41) is 20.7. The number of amides is 3. The Morgan fingerprint density at radius 2 is 1.78 bits per heavy atom. The molecule has 0 bridgehead atoms. The molecule has 0 saturated carbocycles. The van der Waals surface area contributed by atoms with Gasteiger partial charge >= 0.3 is 6.03 Å². The van der Waals surface area contributed by atoms with Crippen molar-refractivity contribution in [2.24, 2.45) is 0 Å². The molecular weight excluding hydrogens is 434 g/mol. The van der Waals surface area contributed by atoms with Gasteiger partial charge in [0.15, 0.2) is 0 Å². The van der Waals surface area contributed by atoms with Crippen LogP contribution in [0.4, 0.5) is 22.1 Å². The average Bonchev–Trinajstić information content (AvgIpc) is 3.22. The van der Waals surface area contributed by atoms with Crippen LogP contribution in [0.5, 0.6) is 0 Å². The molecule has 4 rings (SSSR count). The molecule has 3 amide bonds. The Morgan fingerprint density at radius 1 is 1.09 bits per heavy atom. The summed E-state index contributed by atoms with van der Waals surface area (Å²) in [4.78, 5) is 42.7. The number of aromatic nitrogens is 2. The Morgan fingerprint density at radius 3 is 2.41 bits per heavy atom. The summed E-state index contributed by atoms with van der Waals surface area (Å²) in [7, 11) is 0. The molecule has 1 fully saturated rings. The quantitative estimate of drug-likeness (QED) is 0.403. The zero-order valence-electron chi connectivity index (χ0n) is 16.4. The second-order valence-electron chi connectivity index (χ2n) is 6.86. The second kappa shape index (κ2) is 8.79. The highest BCUT2D eigenvalue weighted by Gasteiger charge is 2.26. The van der Waals surface area contributed by atoms with E-state index in [1.807, 2.05) is 6.07 Å². The highest BCUT2D eigenvalue weighted by atomic mass is 35.5. The molecular formula is C21H16ClN7O3. The summed E-state index contributed by atoms with van der Waals surface area (Å²) >= 11 is 5.89. The summed E-state index contributed by atoms with van der Waals surface area (Å²) in [6.45, 7) is 0.203. The van der Waals surface area contributed by atoms with Gasteiger partial charge in [-0.2, -0.15) is 5.26 Å². The minimum atomic E-state index is -0.664. The first-order valence-electron chi connectivity index (χ1n) is 9.45. The molecule has 11 heteroatoms. The van der Waals surface area contributed by atoms with Crippen molar-refractivity contribution in [2.45, 2.75) is 6.04 Å². The lowest BCUT2D eigenvalue weighted by Crippen LogP contribution is -2.38. The smallest absolute Gasteiger partial charge is 0.315 e. The molecule has 0 radical (unpaired) electrons. The van der Waals surface area contributed by atoms with Gasteiger partial charge in [-0.05, 0) is 36.4 Å². The summed E-state index contributed by atoms with van der Waals surface area (Å²) in [5.41, 5.74) is 1.13. The number of rotatable bonds is 5. The fraction of sp³-hybridized carbons (Fsp3) is 0.0952. The maximum absolute atomic E-state index is 12.4. The average molecular weight is 450 g/mol. The normalized spacial score (nSPS) is 14.8. The summed E-state index contributed by atoms with van der Waals surface area (Å²) in [5.74, 6) is -0.203. The molecule has 2 heterocycles. The lowest BCUT2D eigenvalue weighted by atomic mass is 10.1. The number of nitriles is 1. The lowest BCUT2D eigenvalue weighted by Gasteiger charge is -2.11. The molecule has 1 atom stereocenters. The fourth-order valence-corrected chi connectivity index (χ4v) is 3.20. The van der Waals surface area contributed by atoms with E-state index in [0.717, 1.165) is 0 Å². The van der Waals surface area contributed by atoms with E-state index in [9.17, 15) is 19.6 Å². The largest absolute Gasteiger partial charge is 0.336 e. The van der Waals surface area contributed by atoms with Crippen LogP contribution in [0, 0.1) is 11.3 Å². The van der Waals surface area contributed by atoms with Gasteiger partial charge in [0.25, 0.3) is 5.56 Å². The highest BCUT2D eigenvalue weighted by molar-refractivity contribution is 6.30. The SMILES string of the molecule is N#Cc1c(-c2ccc(NC(=O)C3CNC(=O)N3)cc2)nc(Nc2ccc(Cl)cc2)[nH]c1=O. The van der Waals surface area contributed by atoms with Crippen molar-refractivity contribution in [3.8, 4) is 17.3 Å². The first-order chi connectivity index (χ1) is 15.4. The molecule has 32 heavy (non-hydrogen) atoms. The van der Waals surface area contributed by atoms with Crippen LogP contribution in [-0.2, 0) is 4.79 Å². The lowest BCUT2D eigenvalue weighted by molar-refractivity contribution is -0.117. The third kappa shape index (κ3) is 4.53. The van der Waals surface area contributed by atoms with Gasteiger partial charge in [-0.3, -0.25) is 14.6 Å². The Labute approximate surface area is 186 Å². The molecule has 10 nitrogen and oxygen atoms in total. The highest BCUT2D eigenvalue weighted by Crippen LogP contribution is 2.24. The van der Waals surface area contributed by atoms with E-state index in [1.165, 1.54) is 0 Å². The van der Waals surface area contributed by atoms with E-state index in [4.69, 9.17) is 11.6 Å². The van der Waals surface area contributed by atoms with Crippen LogP contribution < -0.4 is 26.8 Å². The molecule has 1 unspecified atom stereocenters. The number of nitrogens with one attached hydrogen (secondary N) is 5. The van der Waals surface area contributed by atoms with E-state index in [1.54, 1.807) is 48.5 Å². The Bertz CT molecular complexity index is 1280. The third-order valence-corrected chi connectivity index (χ3v) is 4.90. The van der Waals surface area contributed by atoms with Gasteiger partial charge in [-0.15, -0.1) is 0 Å². The van der Waals surface area contributed by atoms with E-state index in [2.05, 4.69) is 31.2 Å². The van der Waals surface area contributed by atoms with Gasteiger partial charge in [0.05, 0.1) is 5.69 Å². The van der Waals surface area contributed by atoms with Crippen LogP contribution in [0.3, 0.4) is 0 Å². The Kier molecular flexibility index (Phi) is 5.74. The molecule has 3 aromatic rings. The van der Waals surface area contributed by atoms with Crippen molar-refractivity contribution in [1.29, 1.82) is 5.26 Å². The van der Waals surface area contributed by atoms with E-state index < -0.39 is 17.6 Å². The number of carbonyl (C=O) groups is 2. The Hall–Kier alpha value is -4.36. The molecule has 1 aromatic heterocycles. The van der Waals surface area contributed by atoms with E-state index in [-0.39, 0.29) is 29.7 Å². The minimum Gasteiger partial charge on any atom is -0.336 e. The van der Waals surface area contributed by atoms with Crippen LogP contribution in [-0.4, -0.2) is 34.5 Å². The van der Waals surface area contributed by atoms with E-state index in [0.29, 0.717) is 22.0 Å². The topological polar surface area (TPSA) is 152 Å². The van der Waals surface area contributed by atoms with Crippen LogP contribution in [0.2, 0.25) is 5.02 Å². The number of hydrogen-bond acceptors (Lipinski definition) is 6. The van der Waals surface area contributed by atoms with Gasteiger partial charge in [0.1, 0.15) is 17.7 Å². The summed E-state index contributed by atoms with van der Waals surface area (Å²) in [6.07, 6.45) is 0. The molecule has 0 aliphatic carbocycles. The number of aromatic amines is 1. The van der Waals surface area contributed by atoms with Crippen LogP contribution in [0.25, 0.3) is 11.3 Å². The van der Waals surface area contributed by atoms with Gasteiger partial charge in [-0.25, -0.2) is 9.78 Å². The third-order valence-electron chi connectivity index (χ3n) is 4.65. The van der Waals surface area contributed by atoms with Crippen molar-refractivity contribution in [2.75, 3.05) is 17.2 Å². The van der Waals surface area contributed by atoms with Crippen molar-refractivity contribution in [1.82, 2.24) is 20.6 Å². The van der Waals surface area contributed by atoms with Crippen molar-refractivity contribution < 1.29 is 9.59 Å². The molecule has 1 aliphatic heterocycles.